The van der Waals surface area contributed by atoms with Gasteiger partial charge in [0.05, 0.1) is 5.69 Å². The van der Waals surface area contributed by atoms with Crippen LogP contribution in [0.25, 0.3) is 0 Å². The molecule has 0 aromatic heterocycles. The van der Waals surface area contributed by atoms with Crippen LogP contribution in [0, 0.1) is 13.8 Å². The second kappa shape index (κ2) is 4.59. The van der Waals surface area contributed by atoms with Crippen LogP contribution in [0.2, 0.25) is 0 Å². The third kappa shape index (κ3) is 3.09. The number of aryl methyl sites for hydroxylation is 2. The molecule has 2 N–H and O–H groups in total. The summed E-state index contributed by atoms with van der Waals surface area (Å²) in [6.45, 7) is 5.39. The van der Waals surface area contributed by atoms with E-state index in [1.54, 1.807) is 0 Å². The van der Waals surface area contributed by atoms with E-state index in [1.807, 2.05) is 32.0 Å². The fourth-order valence-corrected chi connectivity index (χ4v) is 1.13. The summed E-state index contributed by atoms with van der Waals surface area (Å²) in [6, 6.07) is 5.83. The van der Waals surface area contributed by atoms with Crippen LogP contribution in [0.3, 0.4) is 0 Å². The average molecular weight is 206 g/mol. The molecule has 0 heterocycles. The minimum absolute atomic E-state index is 0.0370. The van der Waals surface area contributed by atoms with Crippen LogP contribution in [-0.2, 0) is 4.79 Å². The average Bonchev–Trinajstić information content (AvgIpc) is 2.15. The summed E-state index contributed by atoms with van der Waals surface area (Å²) in [5, 5.41) is 12.4. The minimum Gasteiger partial charge on any atom is -0.477 e. The molecule has 1 aromatic rings. The Kier molecular flexibility index (Phi) is 3.44. The number of carboxylic acid groups (broad SMARTS) is 1. The van der Waals surface area contributed by atoms with E-state index in [9.17, 15) is 4.79 Å². The molecule has 0 aliphatic carbocycles. The SMILES string of the molecule is C/C(=N\Nc1ccc(C)cc1C)C(=O)O. The molecule has 0 amide bonds. The van der Waals surface area contributed by atoms with Crippen LogP contribution in [0.4, 0.5) is 5.69 Å². The summed E-state index contributed by atoms with van der Waals surface area (Å²) >= 11 is 0. The largest absolute Gasteiger partial charge is 0.477 e. The molecule has 0 saturated heterocycles. The standard InChI is InChI=1S/C11H14N2O2/c1-7-4-5-10(8(2)6-7)13-12-9(3)11(14)15/h4-6,13H,1-3H3,(H,14,15)/b12-9+. The molecular weight excluding hydrogens is 192 g/mol. The Bertz CT molecular complexity index is 411. The summed E-state index contributed by atoms with van der Waals surface area (Å²) < 4.78 is 0. The number of hydrogen-bond donors (Lipinski definition) is 2. The molecule has 15 heavy (non-hydrogen) atoms. The fraction of sp³-hybridized carbons (Fsp3) is 0.273. The maximum atomic E-state index is 10.5. The van der Waals surface area contributed by atoms with Crippen LogP contribution < -0.4 is 5.43 Å². The Hall–Kier alpha value is -1.84. The van der Waals surface area contributed by atoms with Gasteiger partial charge in [-0.05, 0) is 32.4 Å². The summed E-state index contributed by atoms with van der Waals surface area (Å²) in [5.41, 5.74) is 5.79. The predicted molar refractivity (Wildman–Crippen MR) is 60.3 cm³/mol. The predicted octanol–water partition coefficient (Wildman–Crippen LogP) is 2.18. The van der Waals surface area contributed by atoms with E-state index in [2.05, 4.69) is 10.5 Å². The lowest BCUT2D eigenvalue weighted by Crippen LogP contribution is -2.10. The van der Waals surface area contributed by atoms with Gasteiger partial charge in [0.2, 0.25) is 0 Å². The van der Waals surface area contributed by atoms with Crippen molar-refractivity contribution in [1.82, 2.24) is 0 Å². The van der Waals surface area contributed by atoms with Crippen molar-refractivity contribution < 1.29 is 9.90 Å². The number of nitrogens with one attached hydrogen (secondary N) is 1. The van der Waals surface area contributed by atoms with E-state index in [0.29, 0.717) is 0 Å². The van der Waals surface area contributed by atoms with E-state index < -0.39 is 5.97 Å². The van der Waals surface area contributed by atoms with Crippen molar-refractivity contribution in [3.05, 3.63) is 29.3 Å². The number of rotatable bonds is 3. The fourth-order valence-electron chi connectivity index (χ4n) is 1.13. The number of aliphatic carboxylic acids is 1. The van der Waals surface area contributed by atoms with E-state index >= 15 is 0 Å². The molecule has 0 aliphatic rings. The normalized spacial score (nSPS) is 11.3. The smallest absolute Gasteiger partial charge is 0.351 e. The molecule has 1 aromatic carbocycles. The lowest BCUT2D eigenvalue weighted by atomic mass is 10.1. The molecule has 0 radical (unpaired) electrons. The van der Waals surface area contributed by atoms with Crippen LogP contribution >= 0.6 is 0 Å². The van der Waals surface area contributed by atoms with Crippen molar-refractivity contribution in [1.29, 1.82) is 0 Å². The van der Waals surface area contributed by atoms with Gasteiger partial charge in [-0.2, -0.15) is 5.10 Å². The van der Waals surface area contributed by atoms with Gasteiger partial charge in [0.25, 0.3) is 0 Å². The zero-order valence-electron chi connectivity index (χ0n) is 9.03. The zero-order valence-corrected chi connectivity index (χ0v) is 9.03. The Morgan fingerprint density at radius 1 is 1.40 bits per heavy atom. The Labute approximate surface area is 88.6 Å². The molecule has 0 fully saturated rings. The molecule has 0 spiro atoms. The highest BCUT2D eigenvalue weighted by atomic mass is 16.4. The number of nitrogens with zero attached hydrogens (tertiary/aromatic N) is 1. The number of carbonyl (C=O) groups is 1. The van der Waals surface area contributed by atoms with Crippen LogP contribution in [-0.4, -0.2) is 16.8 Å². The van der Waals surface area contributed by atoms with E-state index in [-0.39, 0.29) is 5.71 Å². The van der Waals surface area contributed by atoms with E-state index in [1.165, 1.54) is 6.92 Å². The molecule has 0 unspecified atom stereocenters. The first-order chi connectivity index (χ1) is 7.00. The Balaban J connectivity index is 2.82. The second-order valence-electron chi connectivity index (χ2n) is 3.43. The number of hydrazone groups is 1. The molecule has 4 heteroatoms. The van der Waals surface area contributed by atoms with Crippen molar-refractivity contribution in [2.45, 2.75) is 20.8 Å². The zero-order chi connectivity index (χ0) is 11.4. The van der Waals surface area contributed by atoms with Gasteiger partial charge in [-0.1, -0.05) is 17.7 Å². The third-order valence-electron chi connectivity index (χ3n) is 2.04. The van der Waals surface area contributed by atoms with Crippen molar-refractivity contribution >= 4 is 17.4 Å². The maximum Gasteiger partial charge on any atom is 0.351 e. The lowest BCUT2D eigenvalue weighted by Gasteiger charge is -2.05. The number of benzene rings is 1. The highest BCUT2D eigenvalue weighted by Crippen LogP contribution is 2.15. The van der Waals surface area contributed by atoms with Crippen LogP contribution in [0.15, 0.2) is 23.3 Å². The third-order valence-corrected chi connectivity index (χ3v) is 2.04. The molecule has 0 bridgehead atoms. The van der Waals surface area contributed by atoms with Gasteiger partial charge in [-0.3, -0.25) is 5.43 Å². The molecule has 0 atom stereocenters. The number of anilines is 1. The topological polar surface area (TPSA) is 61.7 Å². The summed E-state index contributed by atoms with van der Waals surface area (Å²) in [6.07, 6.45) is 0. The van der Waals surface area contributed by atoms with Gasteiger partial charge in [-0.15, -0.1) is 0 Å². The monoisotopic (exact) mass is 206 g/mol. The Morgan fingerprint density at radius 2 is 2.07 bits per heavy atom. The summed E-state index contributed by atoms with van der Waals surface area (Å²) in [7, 11) is 0. The highest BCUT2D eigenvalue weighted by Gasteiger charge is 2.01. The van der Waals surface area contributed by atoms with Gasteiger partial charge < -0.3 is 5.11 Å². The summed E-state index contributed by atoms with van der Waals surface area (Å²) in [5.74, 6) is -1.02. The van der Waals surface area contributed by atoms with Crippen molar-refractivity contribution in [3.63, 3.8) is 0 Å². The van der Waals surface area contributed by atoms with Crippen LogP contribution in [0.5, 0.6) is 0 Å². The molecule has 80 valence electrons. The van der Waals surface area contributed by atoms with Gasteiger partial charge in [0.15, 0.2) is 0 Å². The Morgan fingerprint density at radius 3 is 2.60 bits per heavy atom. The first kappa shape index (κ1) is 11.2. The van der Waals surface area contributed by atoms with Crippen molar-refractivity contribution in [2.75, 3.05) is 5.43 Å². The lowest BCUT2D eigenvalue weighted by molar-refractivity contribution is -0.129. The van der Waals surface area contributed by atoms with Crippen molar-refractivity contribution in [2.24, 2.45) is 5.10 Å². The second-order valence-corrected chi connectivity index (χ2v) is 3.43. The minimum atomic E-state index is -1.02. The number of hydrogen-bond acceptors (Lipinski definition) is 3. The van der Waals surface area contributed by atoms with Gasteiger partial charge >= 0.3 is 5.97 Å². The van der Waals surface area contributed by atoms with E-state index in [4.69, 9.17) is 5.11 Å². The van der Waals surface area contributed by atoms with Gasteiger partial charge in [-0.25, -0.2) is 4.79 Å². The molecule has 1 rings (SSSR count). The van der Waals surface area contributed by atoms with Crippen molar-refractivity contribution in [3.8, 4) is 0 Å². The number of carboxylic acids is 1. The highest BCUT2D eigenvalue weighted by molar-refractivity contribution is 6.34. The van der Waals surface area contributed by atoms with Crippen LogP contribution in [0.1, 0.15) is 18.1 Å². The molecule has 0 aliphatic heterocycles. The maximum absolute atomic E-state index is 10.5. The van der Waals surface area contributed by atoms with Gasteiger partial charge in [0.1, 0.15) is 5.71 Å². The molecule has 0 saturated carbocycles. The molecule has 4 nitrogen and oxygen atoms in total. The first-order valence-electron chi connectivity index (χ1n) is 4.61. The first-order valence-corrected chi connectivity index (χ1v) is 4.61. The summed E-state index contributed by atoms with van der Waals surface area (Å²) in [4.78, 5) is 10.5. The molecular formula is C11H14N2O2. The van der Waals surface area contributed by atoms with E-state index in [0.717, 1.165) is 16.8 Å². The van der Waals surface area contributed by atoms with Gasteiger partial charge in [0, 0.05) is 0 Å². The quantitative estimate of drug-likeness (QED) is 0.588.